The fourth-order valence-electron chi connectivity index (χ4n) is 18.0. The van der Waals surface area contributed by atoms with Crippen LogP contribution in [0.15, 0.2) is 140 Å². The van der Waals surface area contributed by atoms with E-state index in [4.69, 9.17) is 74.9 Å². The van der Waals surface area contributed by atoms with Gasteiger partial charge in [0, 0.05) is 57.7 Å². The van der Waals surface area contributed by atoms with Crippen molar-refractivity contribution >= 4 is 50.5 Å². The van der Waals surface area contributed by atoms with E-state index in [1.165, 1.54) is 42.5 Å². The number of benzene rings is 9. The zero-order valence-electron chi connectivity index (χ0n) is 72.0. The van der Waals surface area contributed by atoms with E-state index in [1.807, 2.05) is 12.1 Å². The van der Waals surface area contributed by atoms with Gasteiger partial charge in [0.1, 0.15) is 221 Å². The maximum atomic E-state index is 15.3. The molecule has 0 amide bonds. The van der Waals surface area contributed by atoms with Crippen molar-refractivity contribution in [2.45, 2.75) is 63.6 Å². The molecule has 0 N–H and O–H groups in total. The highest BCUT2D eigenvalue weighted by molar-refractivity contribution is 5.96. The minimum atomic E-state index is -5.70. The van der Waals surface area contributed by atoms with Crippen LogP contribution in [0, 0.1) is 254 Å². The van der Waals surface area contributed by atoms with Gasteiger partial charge in [-0.15, -0.1) is 26.3 Å². The van der Waals surface area contributed by atoms with E-state index in [0.29, 0.717) is 48.5 Å². The zero-order valence-corrected chi connectivity index (χ0v) is 72.0. The fraction of sp³-hybridized carbons (Fsp3) is 0.0980. The molecular formula is C102H24F24N20O2. The largest absolute Gasteiger partial charge is 0.573 e. The molecule has 712 valence electrons. The number of hydrogen-bond donors (Lipinski definition) is 0. The molecule has 0 unspecified atom stereocenters. The lowest BCUT2D eigenvalue weighted by atomic mass is 9.90. The van der Waals surface area contributed by atoms with Gasteiger partial charge in [-0.1, -0.05) is 0 Å². The molecule has 0 heterocycles. The Kier molecular flexibility index (Phi) is 27.5. The molecule has 0 atom stereocenters. The van der Waals surface area contributed by atoms with Crippen molar-refractivity contribution in [3.05, 3.63) is 450 Å². The summed E-state index contributed by atoms with van der Waals surface area (Å²) in [6, 6.07) is 23.1. The maximum Gasteiger partial charge on any atom is 0.573 e. The Labute approximate surface area is 811 Å². The average molecular weight is 2020 g/mol. The number of halogens is 24. The van der Waals surface area contributed by atoms with Crippen molar-refractivity contribution < 1.29 is 115 Å². The molecule has 148 heavy (non-hydrogen) atoms. The number of rotatable bonds is 8. The first-order chi connectivity index (χ1) is 70.0. The predicted molar refractivity (Wildman–Crippen MR) is 454 cm³/mol. The molecule has 0 spiro atoms. The molecule has 46 heteroatoms. The second kappa shape index (κ2) is 39.2. The number of nitrogens with zero attached hydrogens (tertiary/aromatic N) is 20. The van der Waals surface area contributed by atoms with Crippen molar-refractivity contribution in [3.8, 4) is 78.3 Å². The van der Waals surface area contributed by atoms with Crippen molar-refractivity contribution in [3.63, 3.8) is 0 Å². The molecule has 9 aromatic carbocycles. The van der Waals surface area contributed by atoms with Gasteiger partial charge in [-0.2, -0.15) is 113 Å². The SMILES string of the molecule is [C-]#[N+]C([N+]#[C-])=C1Cc2c(C#N)c3c(c(C#N)c2=C1c1cc(F)c([N+]#[C-])c(F)c1)CC(=C(C#N)C#N)C=3c1cc(F)c(C#N)c(F)c1.[C-]#[N+]C([N+]#[C-])=C1Cc2c(C(F)(F)F)c3c(c(C(F)(F)F)c2=C1c1cc(F)c([N+]#[C-])c(F)c1)CC(=C(C#N)C#N)C=3c1cc(F)c(C#N)c(F)c1.[C-]#[N+]C([N+]#[C-])=C1Cc2c(OC(F)(F)F)c3c(c(OC(F)(F)F)c2=C1c1cc(F)c([N+]#[C-])c(F)c1)CC(=C(C#N)C#N)C=3c1cc(F)c(C#N)c(F)c1. The fourth-order valence-corrected chi connectivity index (χ4v) is 18.0. The van der Waals surface area contributed by atoms with Gasteiger partial charge >= 0.3 is 42.5 Å². The van der Waals surface area contributed by atoms with E-state index >= 15 is 26.3 Å². The van der Waals surface area contributed by atoms with Gasteiger partial charge in [0.05, 0.1) is 58.7 Å². The van der Waals surface area contributed by atoms with E-state index in [1.54, 1.807) is 12.1 Å². The first kappa shape index (κ1) is 104. The van der Waals surface area contributed by atoms with Crippen LogP contribution in [0.3, 0.4) is 0 Å². The van der Waals surface area contributed by atoms with Gasteiger partial charge in [-0.05, 0) is 202 Å². The summed E-state index contributed by atoms with van der Waals surface area (Å²) in [5, 5.41) is 102. The Balaban J connectivity index is 0.000000186. The Hall–Kier alpha value is -21.6. The van der Waals surface area contributed by atoms with Crippen molar-refractivity contribution in [1.82, 2.24) is 0 Å². The third-order valence-electron chi connectivity index (χ3n) is 23.3. The van der Waals surface area contributed by atoms with Crippen LogP contribution in [0.25, 0.3) is 77.0 Å². The van der Waals surface area contributed by atoms with Crippen molar-refractivity contribution in [2.24, 2.45) is 0 Å². The summed E-state index contributed by atoms with van der Waals surface area (Å²) in [5.74, 6) is -23.2. The smallest absolute Gasteiger partial charge is 0.405 e. The van der Waals surface area contributed by atoms with E-state index in [0.717, 1.165) is 24.3 Å². The number of fused-ring (bicyclic) bond motifs is 6. The Morgan fingerprint density at radius 1 is 0.243 bits per heavy atom. The molecule has 0 saturated heterocycles. The normalized spacial score (nSPS) is 12.9. The topological polar surface area (TPSA) is 319 Å². The van der Waals surface area contributed by atoms with E-state index in [9.17, 15) is 121 Å². The van der Waals surface area contributed by atoms with Crippen molar-refractivity contribution in [2.75, 3.05) is 0 Å². The van der Waals surface area contributed by atoms with E-state index < -0.39 is 321 Å². The maximum absolute atomic E-state index is 15.3. The minimum Gasteiger partial charge on any atom is -0.405 e. The summed E-state index contributed by atoms with van der Waals surface area (Å²) in [4.78, 5) is 26.3. The highest BCUT2D eigenvalue weighted by atomic mass is 19.4. The molecule has 22 nitrogen and oxygen atoms in total. The number of allylic oxidation sites excluding steroid dienone is 9. The van der Waals surface area contributed by atoms with Gasteiger partial charge in [0.25, 0.3) is 17.1 Å². The van der Waals surface area contributed by atoms with Crippen molar-refractivity contribution in [1.29, 1.82) is 57.9 Å². The lowest BCUT2D eigenvalue weighted by molar-refractivity contribution is -0.277. The second-order valence-corrected chi connectivity index (χ2v) is 30.7. The molecule has 9 aromatic rings. The number of hydrogen-bond acceptors (Lipinski definition) is 13. The van der Waals surface area contributed by atoms with Crippen LogP contribution in [0.4, 0.5) is 122 Å². The summed E-state index contributed by atoms with van der Waals surface area (Å²) >= 11 is 0. The van der Waals surface area contributed by atoms with Gasteiger partial charge < -0.3 is 9.47 Å². The quantitative estimate of drug-likeness (QED) is 0.0777. The summed E-state index contributed by atoms with van der Waals surface area (Å²) in [7, 11) is 0. The molecular weight excluding hydrogens is 1990 g/mol. The molecule has 0 bridgehead atoms. The lowest BCUT2D eigenvalue weighted by Gasteiger charge is -2.19. The molecule has 6 aliphatic rings. The third-order valence-corrected chi connectivity index (χ3v) is 23.3. The van der Waals surface area contributed by atoms with Crippen LogP contribution in [0.1, 0.15) is 106 Å². The molecule has 0 aliphatic heterocycles. The van der Waals surface area contributed by atoms with E-state index in [-0.39, 0.29) is 79.0 Å². The molecule has 0 aromatic heterocycles. The van der Waals surface area contributed by atoms with Crippen LogP contribution >= 0.6 is 0 Å². The summed E-state index contributed by atoms with van der Waals surface area (Å²) < 4.78 is 365. The Morgan fingerprint density at radius 2 is 0.432 bits per heavy atom. The van der Waals surface area contributed by atoms with Gasteiger partial charge in [0.2, 0.25) is 0 Å². The molecule has 0 radical (unpaired) electrons. The van der Waals surface area contributed by atoms with Crippen LogP contribution in [0.5, 0.6) is 11.5 Å². The number of nitriles is 11. The average Bonchev–Trinajstić information content (AvgIpc) is 1.55. The van der Waals surface area contributed by atoms with Crippen LogP contribution in [0.2, 0.25) is 0 Å². The van der Waals surface area contributed by atoms with Crippen LogP contribution in [-0.2, 0) is 50.9 Å². The summed E-state index contributed by atoms with van der Waals surface area (Å²) in [6.07, 6.45) is -28.0. The van der Waals surface area contributed by atoms with Gasteiger partial charge in [-0.25, -0.2) is 67.2 Å². The number of alkyl halides is 12. The number of ether oxygens (including phenoxy) is 2. The Morgan fingerprint density at radius 3 is 0.655 bits per heavy atom. The highest BCUT2D eigenvalue weighted by Crippen LogP contribution is 2.50. The summed E-state index contributed by atoms with van der Waals surface area (Å²) in [6.45, 7) is 65.9. The lowest BCUT2D eigenvalue weighted by Crippen LogP contribution is -2.36. The zero-order chi connectivity index (χ0) is 109. The van der Waals surface area contributed by atoms with Crippen LogP contribution < -0.4 is 40.8 Å². The summed E-state index contributed by atoms with van der Waals surface area (Å²) in [5.41, 5.74) is -28.0. The standard InChI is InChI=1S/C34H8F10N6O2.C34H8F10N6.C34H8F4N8/c1-48-29-23(37)6-14(7-24(29)38)26-19(32(49-2)50-3)9-18-28(26)30(51-33(39,40)41)17-8-16(15(10-45)11-46)25(27(17)31(18)52-34(42,43)44)13-4-21(35)20(12-47)22(36)5-13;1-48-31-23(37)6-14(7-24(31)38)26-19(32(49-2)50-3)9-18-28(26)29(33(39,40)41)17-8-16(15(10-45)11-46)25(27(17)30(18)34(42,43)44)13-4-21(35)20(12-47)22(36)5-13;1-44-33-27(37)6-16(7-28(33)38)30-21(34(45-2)46-3)9-20-23(13-42)31-19(22(12-41)32(20)30)8-18(17(10-39)11-40)29(31)15-4-25(35)24(14-43)26(36)5-15/h4-7H,8-9H2;4-7H,8-9H2;4-7H,8-9H2. The molecule has 0 fully saturated rings. The predicted octanol–water partition coefficient (Wildman–Crippen LogP) is 20.3. The highest BCUT2D eigenvalue weighted by Gasteiger charge is 2.51. The molecule has 15 rings (SSSR count). The Bertz CT molecular complexity index is 8680. The minimum absolute atomic E-state index is 0.0415. The first-order valence-corrected chi connectivity index (χ1v) is 39.8. The van der Waals surface area contributed by atoms with Crippen LogP contribution in [-0.4, -0.2) is 12.7 Å². The monoisotopic (exact) mass is 2020 g/mol. The molecule has 6 aliphatic carbocycles. The third kappa shape index (κ3) is 17.6. The van der Waals surface area contributed by atoms with Gasteiger partial charge in [0.15, 0.2) is 0 Å². The second-order valence-electron chi connectivity index (χ2n) is 30.7. The van der Waals surface area contributed by atoms with E-state index in [2.05, 4.69) is 53.1 Å². The molecule has 0 saturated carbocycles. The van der Waals surface area contributed by atoms with Gasteiger partial charge in [-0.3, -0.25) is 0 Å². The first-order valence-electron chi connectivity index (χ1n) is 39.8.